The van der Waals surface area contributed by atoms with Crippen molar-refractivity contribution < 1.29 is 22.8 Å². The molecule has 3 aromatic rings. The fraction of sp³-hybridized carbons (Fsp3) is 0.167. The Morgan fingerprint density at radius 1 is 0.812 bits per heavy atom. The number of halogens is 3. The van der Waals surface area contributed by atoms with E-state index in [1.54, 1.807) is 12.1 Å². The molecule has 0 aliphatic heterocycles. The minimum Gasteiger partial charge on any atom is -0.376 e. The first-order valence-corrected chi connectivity index (χ1v) is 9.82. The number of hydrogen-bond acceptors (Lipinski definition) is 3. The molecule has 3 aromatic carbocycles. The number of amides is 2. The maximum absolute atomic E-state index is 12.9. The Morgan fingerprint density at radius 2 is 1.41 bits per heavy atom. The number of carbonyl (C=O) groups is 2. The van der Waals surface area contributed by atoms with Gasteiger partial charge < -0.3 is 16.0 Å². The van der Waals surface area contributed by atoms with Gasteiger partial charge in [-0.3, -0.25) is 9.59 Å². The molecule has 0 aromatic heterocycles. The van der Waals surface area contributed by atoms with Crippen LogP contribution < -0.4 is 16.0 Å². The zero-order chi connectivity index (χ0) is 23.3. The minimum atomic E-state index is -4.50. The molecular weight excluding hydrogens is 419 g/mol. The van der Waals surface area contributed by atoms with Crippen LogP contribution in [0.25, 0.3) is 0 Å². The van der Waals surface area contributed by atoms with Crippen molar-refractivity contribution >= 4 is 28.9 Å². The number of rotatable bonds is 6. The van der Waals surface area contributed by atoms with E-state index in [-0.39, 0.29) is 23.7 Å². The van der Waals surface area contributed by atoms with Gasteiger partial charge in [0.15, 0.2) is 0 Å². The quantitative estimate of drug-likeness (QED) is 0.465. The van der Waals surface area contributed by atoms with Crippen molar-refractivity contribution in [3.05, 3.63) is 89.0 Å². The average molecular weight is 441 g/mol. The summed E-state index contributed by atoms with van der Waals surface area (Å²) >= 11 is 0. The Morgan fingerprint density at radius 3 is 2.06 bits per heavy atom. The van der Waals surface area contributed by atoms with Crippen LogP contribution in [0, 0.1) is 13.8 Å². The third-order valence-corrected chi connectivity index (χ3v) is 4.76. The molecule has 166 valence electrons. The zero-order valence-electron chi connectivity index (χ0n) is 17.5. The van der Waals surface area contributed by atoms with E-state index in [2.05, 4.69) is 16.0 Å². The molecule has 0 spiro atoms. The van der Waals surface area contributed by atoms with Gasteiger partial charge in [-0.1, -0.05) is 30.3 Å². The van der Waals surface area contributed by atoms with E-state index in [0.717, 1.165) is 28.9 Å². The summed E-state index contributed by atoms with van der Waals surface area (Å²) in [7, 11) is 0. The fourth-order valence-electron chi connectivity index (χ4n) is 3.18. The molecule has 0 heterocycles. The summed E-state index contributed by atoms with van der Waals surface area (Å²) in [6, 6.07) is 16.4. The van der Waals surface area contributed by atoms with Gasteiger partial charge in [0.2, 0.25) is 5.91 Å². The largest absolute Gasteiger partial charge is 0.416 e. The van der Waals surface area contributed by atoms with Gasteiger partial charge in [-0.05, 0) is 61.4 Å². The Kier molecular flexibility index (Phi) is 6.82. The molecular formula is C24H22F3N3O2. The van der Waals surface area contributed by atoms with E-state index >= 15 is 0 Å². The second-order valence-electron chi connectivity index (χ2n) is 7.28. The van der Waals surface area contributed by atoms with Crippen molar-refractivity contribution in [1.29, 1.82) is 0 Å². The van der Waals surface area contributed by atoms with Crippen LogP contribution in [-0.4, -0.2) is 18.4 Å². The highest BCUT2D eigenvalue weighted by molar-refractivity contribution is 6.05. The predicted molar refractivity (Wildman–Crippen MR) is 119 cm³/mol. The lowest BCUT2D eigenvalue weighted by atomic mass is 10.1. The van der Waals surface area contributed by atoms with Crippen molar-refractivity contribution in [3.8, 4) is 0 Å². The molecule has 0 aliphatic carbocycles. The van der Waals surface area contributed by atoms with Crippen molar-refractivity contribution in [2.24, 2.45) is 0 Å². The first-order valence-electron chi connectivity index (χ1n) is 9.82. The SMILES string of the molecule is Cc1cccc(C)c1NCC(=O)Nc1cccc(C(=O)Nc2cccc(C(F)(F)F)c2)c1. The van der Waals surface area contributed by atoms with E-state index in [0.29, 0.717) is 5.69 Å². The molecule has 5 nitrogen and oxygen atoms in total. The minimum absolute atomic E-state index is 0.0251. The number of benzene rings is 3. The van der Waals surface area contributed by atoms with Gasteiger partial charge in [0.25, 0.3) is 5.91 Å². The molecule has 0 saturated heterocycles. The normalized spacial score (nSPS) is 11.0. The lowest BCUT2D eigenvalue weighted by Crippen LogP contribution is -2.22. The van der Waals surface area contributed by atoms with Gasteiger partial charge in [0, 0.05) is 22.6 Å². The van der Waals surface area contributed by atoms with Crippen LogP contribution >= 0.6 is 0 Å². The number of hydrogen-bond donors (Lipinski definition) is 3. The highest BCUT2D eigenvalue weighted by Gasteiger charge is 2.30. The molecule has 0 radical (unpaired) electrons. The molecule has 0 saturated carbocycles. The number of para-hydroxylation sites is 1. The van der Waals surface area contributed by atoms with Crippen LogP contribution in [0.1, 0.15) is 27.0 Å². The van der Waals surface area contributed by atoms with Crippen LogP contribution in [0.3, 0.4) is 0 Å². The lowest BCUT2D eigenvalue weighted by Gasteiger charge is -2.13. The Hall–Kier alpha value is -3.81. The van der Waals surface area contributed by atoms with Gasteiger partial charge in [0.05, 0.1) is 12.1 Å². The molecule has 32 heavy (non-hydrogen) atoms. The van der Waals surface area contributed by atoms with Crippen molar-refractivity contribution in [2.45, 2.75) is 20.0 Å². The molecule has 0 unspecified atom stereocenters. The molecule has 3 N–H and O–H groups in total. The van der Waals surface area contributed by atoms with Crippen molar-refractivity contribution in [2.75, 3.05) is 22.5 Å². The highest BCUT2D eigenvalue weighted by Crippen LogP contribution is 2.30. The van der Waals surface area contributed by atoms with E-state index in [1.165, 1.54) is 24.3 Å². The fourth-order valence-corrected chi connectivity index (χ4v) is 3.18. The topological polar surface area (TPSA) is 70.2 Å². The molecule has 0 aliphatic rings. The van der Waals surface area contributed by atoms with Gasteiger partial charge in [-0.15, -0.1) is 0 Å². The highest BCUT2D eigenvalue weighted by atomic mass is 19.4. The van der Waals surface area contributed by atoms with E-state index in [4.69, 9.17) is 0 Å². The molecule has 8 heteroatoms. The number of alkyl halides is 3. The third kappa shape index (κ3) is 5.87. The van der Waals surface area contributed by atoms with Gasteiger partial charge in [-0.2, -0.15) is 13.2 Å². The molecule has 0 bridgehead atoms. The molecule has 0 fully saturated rings. The second kappa shape index (κ2) is 9.55. The molecule has 2 amide bonds. The van der Waals surface area contributed by atoms with E-state index < -0.39 is 17.6 Å². The van der Waals surface area contributed by atoms with Crippen molar-refractivity contribution in [3.63, 3.8) is 0 Å². The standard InChI is InChI=1S/C24H22F3N3O2/c1-15-6-3-7-16(2)22(15)28-14-21(31)29-19-10-4-8-17(12-19)23(32)30-20-11-5-9-18(13-20)24(25,26)27/h3-13,28H,14H2,1-2H3,(H,29,31)(H,30,32). The lowest BCUT2D eigenvalue weighted by molar-refractivity contribution is -0.137. The summed E-state index contributed by atoms with van der Waals surface area (Å²) in [5.74, 6) is -0.892. The first-order chi connectivity index (χ1) is 15.1. The van der Waals surface area contributed by atoms with Crippen LogP contribution in [0.2, 0.25) is 0 Å². The number of anilines is 3. The van der Waals surface area contributed by atoms with Crippen LogP contribution in [-0.2, 0) is 11.0 Å². The molecule has 0 atom stereocenters. The Bertz CT molecular complexity index is 1120. The van der Waals surface area contributed by atoms with Gasteiger partial charge in [-0.25, -0.2) is 0 Å². The number of carbonyl (C=O) groups excluding carboxylic acids is 2. The Balaban J connectivity index is 1.63. The average Bonchev–Trinajstić information content (AvgIpc) is 2.73. The summed E-state index contributed by atoms with van der Waals surface area (Å²) in [5, 5.41) is 8.26. The summed E-state index contributed by atoms with van der Waals surface area (Å²) < 4.78 is 38.6. The number of aryl methyl sites for hydroxylation is 2. The van der Waals surface area contributed by atoms with Gasteiger partial charge in [0.1, 0.15) is 0 Å². The summed E-state index contributed by atoms with van der Waals surface area (Å²) in [5.41, 5.74) is 2.69. The first kappa shape index (κ1) is 22.9. The van der Waals surface area contributed by atoms with Gasteiger partial charge >= 0.3 is 6.18 Å². The predicted octanol–water partition coefficient (Wildman–Crippen LogP) is 5.63. The maximum atomic E-state index is 12.9. The summed E-state index contributed by atoms with van der Waals surface area (Å²) in [6.45, 7) is 3.92. The Labute approximate surface area is 183 Å². The summed E-state index contributed by atoms with van der Waals surface area (Å²) in [4.78, 5) is 24.8. The van der Waals surface area contributed by atoms with Crippen LogP contribution in [0.15, 0.2) is 66.7 Å². The van der Waals surface area contributed by atoms with E-state index in [9.17, 15) is 22.8 Å². The second-order valence-corrected chi connectivity index (χ2v) is 7.28. The summed E-state index contributed by atoms with van der Waals surface area (Å²) in [6.07, 6.45) is -4.50. The molecule has 3 rings (SSSR count). The maximum Gasteiger partial charge on any atom is 0.416 e. The number of nitrogens with one attached hydrogen (secondary N) is 3. The zero-order valence-corrected chi connectivity index (χ0v) is 17.5. The monoisotopic (exact) mass is 441 g/mol. The van der Waals surface area contributed by atoms with Crippen LogP contribution in [0.4, 0.5) is 30.2 Å². The van der Waals surface area contributed by atoms with E-state index in [1.807, 2.05) is 32.0 Å². The van der Waals surface area contributed by atoms with Crippen LogP contribution in [0.5, 0.6) is 0 Å². The van der Waals surface area contributed by atoms with Crippen molar-refractivity contribution in [1.82, 2.24) is 0 Å². The third-order valence-electron chi connectivity index (χ3n) is 4.76. The smallest absolute Gasteiger partial charge is 0.376 e.